The van der Waals surface area contributed by atoms with Crippen molar-refractivity contribution in [3.63, 3.8) is 0 Å². The molecule has 0 spiro atoms. The predicted molar refractivity (Wildman–Crippen MR) is 84.1 cm³/mol. The largest absolute Gasteiger partial charge is 0.340 e. The first-order valence-electron chi connectivity index (χ1n) is 7.47. The SMILES string of the molecule is C=CCn1c(C2CC(=O)N(C(C)C)C2)nc2ccccc21. The van der Waals surface area contributed by atoms with Gasteiger partial charge in [-0.25, -0.2) is 4.98 Å². The summed E-state index contributed by atoms with van der Waals surface area (Å²) in [6.07, 6.45) is 2.44. The van der Waals surface area contributed by atoms with Gasteiger partial charge in [-0.1, -0.05) is 18.2 Å². The minimum Gasteiger partial charge on any atom is -0.340 e. The molecule has 1 aromatic heterocycles. The predicted octanol–water partition coefficient (Wildman–Crippen LogP) is 2.95. The number of aromatic nitrogens is 2. The number of rotatable bonds is 4. The fourth-order valence-electron chi connectivity index (χ4n) is 3.13. The van der Waals surface area contributed by atoms with Gasteiger partial charge < -0.3 is 9.47 Å². The quantitative estimate of drug-likeness (QED) is 0.809. The summed E-state index contributed by atoms with van der Waals surface area (Å²) in [5.74, 6) is 1.41. The van der Waals surface area contributed by atoms with Crippen molar-refractivity contribution in [2.24, 2.45) is 0 Å². The van der Waals surface area contributed by atoms with Crippen molar-refractivity contribution in [2.75, 3.05) is 6.54 Å². The Labute approximate surface area is 125 Å². The van der Waals surface area contributed by atoms with E-state index in [0.717, 1.165) is 29.9 Å². The molecule has 0 aliphatic carbocycles. The van der Waals surface area contributed by atoms with Crippen molar-refractivity contribution in [1.29, 1.82) is 0 Å². The summed E-state index contributed by atoms with van der Waals surface area (Å²) in [5.41, 5.74) is 2.10. The van der Waals surface area contributed by atoms with Gasteiger partial charge >= 0.3 is 0 Å². The van der Waals surface area contributed by atoms with Gasteiger partial charge in [0.2, 0.25) is 5.91 Å². The summed E-state index contributed by atoms with van der Waals surface area (Å²) in [6.45, 7) is 9.45. The number of carbonyl (C=O) groups is 1. The van der Waals surface area contributed by atoms with Gasteiger partial charge in [-0.3, -0.25) is 4.79 Å². The average Bonchev–Trinajstić information content (AvgIpc) is 3.01. The number of nitrogens with zero attached hydrogens (tertiary/aromatic N) is 3. The van der Waals surface area contributed by atoms with Gasteiger partial charge in [0.05, 0.1) is 11.0 Å². The van der Waals surface area contributed by atoms with Gasteiger partial charge in [-0.15, -0.1) is 6.58 Å². The molecule has 0 N–H and O–H groups in total. The number of imidazole rings is 1. The smallest absolute Gasteiger partial charge is 0.223 e. The van der Waals surface area contributed by atoms with Crippen LogP contribution in [0.1, 0.15) is 32.0 Å². The number of amides is 1. The second-order valence-electron chi connectivity index (χ2n) is 5.90. The van der Waals surface area contributed by atoms with Crippen LogP contribution in [0, 0.1) is 0 Å². The Morgan fingerprint density at radius 2 is 2.19 bits per heavy atom. The van der Waals surface area contributed by atoms with E-state index in [-0.39, 0.29) is 17.9 Å². The van der Waals surface area contributed by atoms with E-state index < -0.39 is 0 Å². The van der Waals surface area contributed by atoms with Crippen LogP contribution in [-0.4, -0.2) is 32.9 Å². The molecule has 2 aromatic rings. The topological polar surface area (TPSA) is 38.1 Å². The monoisotopic (exact) mass is 283 g/mol. The second kappa shape index (κ2) is 5.35. The van der Waals surface area contributed by atoms with E-state index >= 15 is 0 Å². The van der Waals surface area contributed by atoms with Gasteiger partial charge in [0, 0.05) is 31.5 Å². The first-order valence-corrected chi connectivity index (χ1v) is 7.47. The van der Waals surface area contributed by atoms with Crippen molar-refractivity contribution >= 4 is 16.9 Å². The number of fused-ring (bicyclic) bond motifs is 1. The Bertz CT molecular complexity index is 686. The first-order chi connectivity index (χ1) is 10.1. The molecule has 110 valence electrons. The molecule has 1 saturated heterocycles. The van der Waals surface area contributed by atoms with E-state index in [9.17, 15) is 4.79 Å². The van der Waals surface area contributed by atoms with Crippen molar-refractivity contribution in [3.8, 4) is 0 Å². The van der Waals surface area contributed by atoms with Gasteiger partial charge in [0.15, 0.2) is 0 Å². The van der Waals surface area contributed by atoms with Gasteiger partial charge in [0.25, 0.3) is 0 Å². The molecule has 3 rings (SSSR count). The molecular weight excluding hydrogens is 262 g/mol. The molecule has 0 saturated carbocycles. The van der Waals surface area contributed by atoms with Gasteiger partial charge in [-0.2, -0.15) is 0 Å². The number of likely N-dealkylation sites (tertiary alicyclic amines) is 1. The zero-order chi connectivity index (χ0) is 15.0. The number of hydrogen-bond acceptors (Lipinski definition) is 2. The highest BCUT2D eigenvalue weighted by atomic mass is 16.2. The summed E-state index contributed by atoms with van der Waals surface area (Å²) in [5, 5.41) is 0. The zero-order valence-electron chi connectivity index (χ0n) is 12.6. The Morgan fingerprint density at radius 3 is 2.86 bits per heavy atom. The van der Waals surface area contributed by atoms with Crippen LogP contribution in [0.4, 0.5) is 0 Å². The highest BCUT2D eigenvalue weighted by Crippen LogP contribution is 2.31. The third kappa shape index (κ3) is 2.35. The van der Waals surface area contributed by atoms with Crippen LogP contribution >= 0.6 is 0 Å². The summed E-state index contributed by atoms with van der Waals surface area (Å²) in [7, 11) is 0. The lowest BCUT2D eigenvalue weighted by Gasteiger charge is -2.21. The lowest BCUT2D eigenvalue weighted by molar-refractivity contribution is -0.129. The first kappa shape index (κ1) is 13.9. The third-order valence-corrected chi connectivity index (χ3v) is 4.14. The number of para-hydroxylation sites is 2. The molecule has 4 heteroatoms. The summed E-state index contributed by atoms with van der Waals surface area (Å²) in [6, 6.07) is 8.37. The Kier molecular flexibility index (Phi) is 3.53. The lowest BCUT2D eigenvalue weighted by atomic mass is 10.1. The zero-order valence-corrected chi connectivity index (χ0v) is 12.6. The van der Waals surface area contributed by atoms with Crippen molar-refractivity contribution in [3.05, 3.63) is 42.7 Å². The van der Waals surface area contributed by atoms with Crippen molar-refractivity contribution < 1.29 is 4.79 Å². The van der Waals surface area contributed by atoms with E-state index in [1.54, 1.807) is 0 Å². The standard InChI is InChI=1S/C17H21N3O/c1-4-9-19-15-8-6-5-7-14(15)18-17(19)13-10-16(21)20(11-13)12(2)3/h4-8,12-13H,1,9-11H2,2-3H3. The molecule has 0 bridgehead atoms. The molecule has 1 aromatic carbocycles. The van der Waals surface area contributed by atoms with E-state index in [0.29, 0.717) is 6.42 Å². The Morgan fingerprint density at radius 1 is 1.43 bits per heavy atom. The maximum atomic E-state index is 12.2. The number of allylic oxidation sites excluding steroid dienone is 1. The summed E-state index contributed by atoms with van der Waals surface area (Å²) in [4.78, 5) is 18.9. The Hall–Kier alpha value is -2.10. The molecule has 1 unspecified atom stereocenters. The molecule has 1 aliphatic heterocycles. The molecule has 1 aliphatic rings. The van der Waals surface area contributed by atoms with Crippen molar-refractivity contribution in [1.82, 2.24) is 14.5 Å². The minimum absolute atomic E-state index is 0.173. The third-order valence-electron chi connectivity index (χ3n) is 4.14. The van der Waals surface area contributed by atoms with Crippen LogP contribution in [0.5, 0.6) is 0 Å². The van der Waals surface area contributed by atoms with Crippen LogP contribution in [-0.2, 0) is 11.3 Å². The van der Waals surface area contributed by atoms with Crippen LogP contribution in [0.25, 0.3) is 11.0 Å². The maximum Gasteiger partial charge on any atom is 0.223 e. The summed E-state index contributed by atoms with van der Waals surface area (Å²) < 4.78 is 2.18. The minimum atomic E-state index is 0.173. The molecule has 1 amide bonds. The van der Waals surface area contributed by atoms with E-state index in [1.165, 1.54) is 0 Å². The van der Waals surface area contributed by atoms with E-state index in [2.05, 4.69) is 31.1 Å². The number of benzene rings is 1. The van der Waals surface area contributed by atoms with Crippen LogP contribution < -0.4 is 0 Å². The lowest BCUT2D eigenvalue weighted by Crippen LogP contribution is -2.32. The van der Waals surface area contributed by atoms with Crippen LogP contribution in [0.2, 0.25) is 0 Å². The van der Waals surface area contributed by atoms with Gasteiger partial charge in [0.1, 0.15) is 5.82 Å². The normalized spacial score (nSPS) is 18.9. The average molecular weight is 283 g/mol. The maximum absolute atomic E-state index is 12.2. The molecule has 4 nitrogen and oxygen atoms in total. The molecule has 1 atom stereocenters. The molecular formula is C17H21N3O. The second-order valence-corrected chi connectivity index (χ2v) is 5.90. The van der Waals surface area contributed by atoms with Gasteiger partial charge in [-0.05, 0) is 26.0 Å². The summed E-state index contributed by atoms with van der Waals surface area (Å²) >= 11 is 0. The van der Waals surface area contributed by atoms with Crippen molar-refractivity contribution in [2.45, 2.75) is 38.8 Å². The molecule has 0 radical (unpaired) electrons. The highest BCUT2D eigenvalue weighted by Gasteiger charge is 2.34. The Balaban J connectivity index is 2.02. The van der Waals surface area contributed by atoms with Crippen LogP contribution in [0.15, 0.2) is 36.9 Å². The molecule has 21 heavy (non-hydrogen) atoms. The molecule has 1 fully saturated rings. The number of carbonyl (C=O) groups excluding carboxylic acids is 1. The van der Waals surface area contributed by atoms with E-state index in [4.69, 9.17) is 4.98 Å². The highest BCUT2D eigenvalue weighted by molar-refractivity contribution is 5.81. The fourth-order valence-corrected chi connectivity index (χ4v) is 3.13. The molecule has 2 heterocycles. The fraction of sp³-hybridized carbons (Fsp3) is 0.412. The van der Waals surface area contributed by atoms with E-state index in [1.807, 2.05) is 29.2 Å². The van der Waals surface area contributed by atoms with Crippen LogP contribution in [0.3, 0.4) is 0 Å². The number of hydrogen-bond donors (Lipinski definition) is 0.